The predicted molar refractivity (Wildman–Crippen MR) is 88.0 cm³/mol. The van der Waals surface area contributed by atoms with Gasteiger partial charge in [-0.05, 0) is 42.0 Å². The zero-order chi connectivity index (χ0) is 16.1. The van der Waals surface area contributed by atoms with E-state index in [2.05, 4.69) is 25.9 Å². The first-order chi connectivity index (χ1) is 11.3. The topological polar surface area (TPSA) is 78.4 Å². The Bertz CT molecular complexity index is 647. The molecule has 0 bridgehead atoms. The Hall–Kier alpha value is -1.83. The SMILES string of the molecule is O=C(NCc1ccccc1CN1CCC[C@H]1CO)c1csnn1. The summed E-state index contributed by atoms with van der Waals surface area (Å²) in [6.07, 6.45) is 2.17. The molecule has 1 aliphatic heterocycles. The van der Waals surface area contributed by atoms with E-state index in [1.165, 1.54) is 5.56 Å². The molecule has 2 N–H and O–H groups in total. The molecule has 122 valence electrons. The lowest BCUT2D eigenvalue weighted by Gasteiger charge is -2.24. The van der Waals surface area contributed by atoms with E-state index in [-0.39, 0.29) is 18.6 Å². The van der Waals surface area contributed by atoms with Crippen molar-refractivity contribution in [1.29, 1.82) is 0 Å². The van der Waals surface area contributed by atoms with Crippen molar-refractivity contribution in [2.75, 3.05) is 13.2 Å². The van der Waals surface area contributed by atoms with Gasteiger partial charge in [-0.1, -0.05) is 28.8 Å². The van der Waals surface area contributed by atoms with Crippen molar-refractivity contribution < 1.29 is 9.90 Å². The molecule has 0 saturated carbocycles. The first kappa shape index (κ1) is 16.0. The fourth-order valence-corrected chi connectivity index (χ4v) is 3.38. The minimum atomic E-state index is -0.206. The Balaban J connectivity index is 1.65. The largest absolute Gasteiger partial charge is 0.395 e. The van der Waals surface area contributed by atoms with Crippen LogP contribution in [0.3, 0.4) is 0 Å². The lowest BCUT2D eigenvalue weighted by molar-refractivity contribution is 0.0945. The number of carbonyl (C=O) groups excluding carboxylic acids is 1. The van der Waals surface area contributed by atoms with Crippen molar-refractivity contribution in [3.05, 3.63) is 46.5 Å². The highest BCUT2D eigenvalue weighted by Gasteiger charge is 2.24. The molecule has 0 aliphatic carbocycles. The molecule has 6 nitrogen and oxygen atoms in total. The number of rotatable bonds is 6. The quantitative estimate of drug-likeness (QED) is 0.836. The number of nitrogens with zero attached hydrogens (tertiary/aromatic N) is 3. The molecule has 2 aromatic rings. The second kappa shape index (κ2) is 7.63. The Labute approximate surface area is 139 Å². The van der Waals surface area contributed by atoms with Crippen LogP contribution in [0, 0.1) is 0 Å². The van der Waals surface area contributed by atoms with Crippen LogP contribution < -0.4 is 5.32 Å². The van der Waals surface area contributed by atoms with Gasteiger partial charge in [0.2, 0.25) is 0 Å². The number of aromatic nitrogens is 2. The number of carbonyl (C=O) groups is 1. The van der Waals surface area contributed by atoms with Gasteiger partial charge in [0.15, 0.2) is 5.69 Å². The smallest absolute Gasteiger partial charge is 0.273 e. The maximum Gasteiger partial charge on any atom is 0.273 e. The van der Waals surface area contributed by atoms with E-state index in [0.29, 0.717) is 12.2 Å². The lowest BCUT2D eigenvalue weighted by atomic mass is 10.1. The molecule has 1 fully saturated rings. The second-order valence-corrected chi connectivity index (χ2v) is 6.30. The number of amides is 1. The van der Waals surface area contributed by atoms with Gasteiger partial charge < -0.3 is 10.4 Å². The van der Waals surface area contributed by atoms with Gasteiger partial charge in [-0.25, -0.2) is 0 Å². The summed E-state index contributed by atoms with van der Waals surface area (Å²) in [6, 6.07) is 8.34. The number of aliphatic hydroxyl groups is 1. The normalized spacial score (nSPS) is 18.2. The zero-order valence-electron chi connectivity index (χ0n) is 12.8. The molecule has 0 unspecified atom stereocenters. The summed E-state index contributed by atoms with van der Waals surface area (Å²) >= 11 is 1.16. The second-order valence-electron chi connectivity index (χ2n) is 5.69. The third-order valence-electron chi connectivity index (χ3n) is 4.23. The van der Waals surface area contributed by atoms with Crippen molar-refractivity contribution in [2.45, 2.75) is 32.0 Å². The summed E-state index contributed by atoms with van der Waals surface area (Å²) in [7, 11) is 0. The zero-order valence-corrected chi connectivity index (χ0v) is 13.6. The van der Waals surface area contributed by atoms with Crippen LogP contribution in [0.15, 0.2) is 29.6 Å². The summed E-state index contributed by atoms with van der Waals surface area (Å²) in [6.45, 7) is 2.48. The molecule has 1 saturated heterocycles. The number of hydrogen-bond donors (Lipinski definition) is 2. The monoisotopic (exact) mass is 332 g/mol. The van der Waals surface area contributed by atoms with E-state index < -0.39 is 0 Å². The Morgan fingerprint density at radius 1 is 1.39 bits per heavy atom. The third-order valence-corrected chi connectivity index (χ3v) is 4.74. The number of hydrogen-bond acceptors (Lipinski definition) is 6. The van der Waals surface area contributed by atoms with Crippen LogP contribution in [0.1, 0.15) is 34.5 Å². The average molecular weight is 332 g/mol. The van der Waals surface area contributed by atoms with Crippen LogP contribution in [0.25, 0.3) is 0 Å². The minimum Gasteiger partial charge on any atom is -0.395 e. The summed E-state index contributed by atoms with van der Waals surface area (Å²) in [5, 5.41) is 17.8. The highest BCUT2D eigenvalue weighted by Crippen LogP contribution is 2.21. The van der Waals surface area contributed by atoms with Crippen LogP contribution in [-0.2, 0) is 13.1 Å². The lowest BCUT2D eigenvalue weighted by Crippen LogP contribution is -2.32. The van der Waals surface area contributed by atoms with Gasteiger partial charge in [0.05, 0.1) is 6.61 Å². The molecule has 1 aliphatic rings. The van der Waals surface area contributed by atoms with E-state index in [9.17, 15) is 9.90 Å². The van der Waals surface area contributed by atoms with Crippen molar-refractivity contribution in [2.24, 2.45) is 0 Å². The standard InChI is InChI=1S/C16H20N4O2S/c21-10-14-6-3-7-20(14)9-13-5-2-1-4-12(13)8-17-16(22)15-11-23-19-18-15/h1-2,4-5,11,14,21H,3,6-10H2,(H,17,22)/t14-/m0/s1. The Morgan fingerprint density at radius 3 is 2.96 bits per heavy atom. The van der Waals surface area contributed by atoms with Crippen LogP contribution in [0.5, 0.6) is 0 Å². The van der Waals surface area contributed by atoms with Gasteiger partial charge >= 0.3 is 0 Å². The molecule has 1 amide bonds. The van der Waals surface area contributed by atoms with Gasteiger partial charge in [0.1, 0.15) is 0 Å². The van der Waals surface area contributed by atoms with Gasteiger partial charge in [-0.3, -0.25) is 9.69 Å². The number of nitrogens with one attached hydrogen (secondary N) is 1. The van der Waals surface area contributed by atoms with E-state index in [1.807, 2.05) is 18.2 Å². The Kier molecular flexibility index (Phi) is 5.32. The van der Waals surface area contributed by atoms with Crippen LogP contribution in [-0.4, -0.2) is 44.7 Å². The highest BCUT2D eigenvalue weighted by atomic mass is 32.1. The van der Waals surface area contributed by atoms with Crippen LogP contribution in [0.2, 0.25) is 0 Å². The molecule has 7 heteroatoms. The summed E-state index contributed by atoms with van der Waals surface area (Å²) < 4.78 is 3.70. The van der Waals surface area contributed by atoms with Crippen molar-refractivity contribution in [1.82, 2.24) is 19.8 Å². The predicted octanol–water partition coefficient (Wildman–Crippen LogP) is 1.42. The molecule has 1 aromatic heterocycles. The maximum atomic E-state index is 12.0. The number of aliphatic hydroxyl groups excluding tert-OH is 1. The van der Waals surface area contributed by atoms with E-state index in [0.717, 1.165) is 43.0 Å². The molecular weight excluding hydrogens is 312 g/mol. The van der Waals surface area contributed by atoms with Gasteiger partial charge in [-0.15, -0.1) is 5.10 Å². The van der Waals surface area contributed by atoms with Crippen molar-refractivity contribution >= 4 is 17.4 Å². The van der Waals surface area contributed by atoms with Crippen LogP contribution >= 0.6 is 11.5 Å². The van der Waals surface area contributed by atoms with E-state index in [1.54, 1.807) is 5.38 Å². The van der Waals surface area contributed by atoms with Gasteiger partial charge in [-0.2, -0.15) is 0 Å². The van der Waals surface area contributed by atoms with Gasteiger partial charge in [0, 0.05) is 24.5 Å². The fraction of sp³-hybridized carbons (Fsp3) is 0.438. The molecule has 3 rings (SSSR count). The van der Waals surface area contributed by atoms with Crippen molar-refractivity contribution in [3.8, 4) is 0 Å². The third kappa shape index (κ3) is 3.93. The molecule has 0 spiro atoms. The molecule has 0 radical (unpaired) electrons. The maximum absolute atomic E-state index is 12.0. The summed E-state index contributed by atoms with van der Waals surface area (Å²) in [5.41, 5.74) is 2.63. The molecule has 23 heavy (non-hydrogen) atoms. The van der Waals surface area contributed by atoms with Crippen LogP contribution in [0.4, 0.5) is 0 Å². The molecule has 1 aromatic carbocycles. The fourth-order valence-electron chi connectivity index (χ4n) is 2.94. The molecular formula is C16H20N4O2S. The Morgan fingerprint density at radius 2 is 2.22 bits per heavy atom. The number of likely N-dealkylation sites (tertiary alicyclic amines) is 1. The summed E-state index contributed by atoms with van der Waals surface area (Å²) in [5.74, 6) is -0.206. The molecule has 1 atom stereocenters. The average Bonchev–Trinajstić information content (AvgIpc) is 3.25. The molecule has 2 heterocycles. The summed E-state index contributed by atoms with van der Waals surface area (Å²) in [4.78, 5) is 14.3. The highest BCUT2D eigenvalue weighted by molar-refractivity contribution is 7.03. The van der Waals surface area contributed by atoms with Gasteiger partial charge in [0.25, 0.3) is 5.91 Å². The van der Waals surface area contributed by atoms with E-state index >= 15 is 0 Å². The van der Waals surface area contributed by atoms with Crippen molar-refractivity contribution in [3.63, 3.8) is 0 Å². The minimum absolute atomic E-state index is 0.204. The first-order valence-corrected chi connectivity index (χ1v) is 8.58. The first-order valence-electron chi connectivity index (χ1n) is 7.75. The van der Waals surface area contributed by atoms with E-state index in [4.69, 9.17) is 0 Å². The number of benzene rings is 1.